The summed E-state index contributed by atoms with van der Waals surface area (Å²) in [6.07, 6.45) is 0. The van der Waals surface area contributed by atoms with Gasteiger partial charge in [0, 0.05) is 10.2 Å². The van der Waals surface area contributed by atoms with E-state index < -0.39 is 24.6 Å². The highest BCUT2D eigenvalue weighted by Gasteiger charge is 2.18. The lowest BCUT2D eigenvalue weighted by molar-refractivity contribution is -0.140. The number of hydrogen-bond acceptors (Lipinski definition) is 3. The number of carbonyl (C=O) groups excluding carboxylic acids is 1. The third-order valence-corrected chi connectivity index (χ3v) is 3.34. The number of aliphatic hydroxyl groups excluding tert-OH is 1. The molecular formula is C14H13BrN2O4. The molecule has 0 saturated heterocycles. The molecule has 6 nitrogen and oxygen atoms in total. The zero-order valence-corrected chi connectivity index (χ0v) is 12.4. The lowest BCUT2D eigenvalue weighted by Gasteiger charge is -2.13. The molecular weight excluding hydrogens is 340 g/mol. The number of carboxylic acids is 1. The molecule has 0 saturated carbocycles. The lowest BCUT2D eigenvalue weighted by Crippen LogP contribution is -2.45. The summed E-state index contributed by atoms with van der Waals surface area (Å²) in [7, 11) is 0. The minimum atomic E-state index is -1.33. The zero-order valence-electron chi connectivity index (χ0n) is 10.8. The maximum absolute atomic E-state index is 11.7. The number of benzene rings is 2. The number of amides is 2. The van der Waals surface area contributed by atoms with E-state index in [-0.39, 0.29) is 0 Å². The molecule has 0 bridgehead atoms. The Morgan fingerprint density at radius 2 is 1.81 bits per heavy atom. The summed E-state index contributed by atoms with van der Waals surface area (Å²) >= 11 is 3.38. The van der Waals surface area contributed by atoms with Crippen LogP contribution in [0.2, 0.25) is 0 Å². The maximum Gasteiger partial charge on any atom is 0.328 e. The molecule has 110 valence electrons. The summed E-state index contributed by atoms with van der Waals surface area (Å²) < 4.78 is 0.959. The molecule has 2 aromatic rings. The number of carboxylic acid groups (broad SMARTS) is 1. The van der Waals surface area contributed by atoms with Crippen LogP contribution in [0.5, 0.6) is 0 Å². The first-order valence-corrected chi connectivity index (χ1v) is 6.89. The fourth-order valence-corrected chi connectivity index (χ4v) is 2.18. The van der Waals surface area contributed by atoms with Crippen LogP contribution in [-0.4, -0.2) is 34.9 Å². The number of aliphatic carboxylic acids is 1. The molecule has 0 unspecified atom stereocenters. The van der Waals surface area contributed by atoms with Gasteiger partial charge in [0.15, 0.2) is 6.04 Å². The monoisotopic (exact) mass is 352 g/mol. The maximum atomic E-state index is 11.7. The summed E-state index contributed by atoms with van der Waals surface area (Å²) in [5.74, 6) is -1.30. The largest absolute Gasteiger partial charge is 0.480 e. The number of anilines is 1. The standard InChI is InChI=1S/C14H13BrN2O4/c15-10-3-1-9-6-11(4-2-8(9)5-10)16-14(21)17-12(7-18)13(19)20/h1-6,12,18H,7H2,(H,19,20)(H2,16,17,21)/t12-/m1/s1. The molecule has 0 fully saturated rings. The Morgan fingerprint density at radius 1 is 1.14 bits per heavy atom. The van der Waals surface area contributed by atoms with Gasteiger partial charge < -0.3 is 20.8 Å². The van der Waals surface area contributed by atoms with E-state index >= 15 is 0 Å². The van der Waals surface area contributed by atoms with Gasteiger partial charge in [0.2, 0.25) is 0 Å². The van der Waals surface area contributed by atoms with E-state index in [2.05, 4.69) is 26.6 Å². The number of fused-ring (bicyclic) bond motifs is 1. The average molecular weight is 353 g/mol. The number of aliphatic hydroxyl groups is 1. The molecule has 2 amide bonds. The quantitative estimate of drug-likeness (QED) is 0.677. The fourth-order valence-electron chi connectivity index (χ4n) is 1.81. The first kappa shape index (κ1) is 15.3. The van der Waals surface area contributed by atoms with Gasteiger partial charge in [0.05, 0.1) is 6.61 Å². The predicted molar refractivity (Wildman–Crippen MR) is 82.3 cm³/mol. The molecule has 2 rings (SSSR count). The van der Waals surface area contributed by atoms with Gasteiger partial charge in [-0.2, -0.15) is 0 Å². The summed E-state index contributed by atoms with van der Waals surface area (Å²) in [5, 5.41) is 24.2. The Kier molecular flexibility index (Phi) is 4.77. The molecule has 0 spiro atoms. The first-order valence-electron chi connectivity index (χ1n) is 6.10. The smallest absolute Gasteiger partial charge is 0.328 e. The molecule has 0 heterocycles. The number of urea groups is 1. The Labute approximate surface area is 128 Å². The van der Waals surface area contributed by atoms with Crippen molar-refractivity contribution in [1.82, 2.24) is 5.32 Å². The molecule has 0 aliphatic carbocycles. The van der Waals surface area contributed by atoms with E-state index in [1.165, 1.54) is 0 Å². The van der Waals surface area contributed by atoms with Crippen molar-refractivity contribution in [3.8, 4) is 0 Å². The van der Waals surface area contributed by atoms with Crippen molar-refractivity contribution in [2.45, 2.75) is 6.04 Å². The van der Waals surface area contributed by atoms with Crippen molar-refractivity contribution in [1.29, 1.82) is 0 Å². The van der Waals surface area contributed by atoms with E-state index in [1.807, 2.05) is 24.3 Å². The highest BCUT2D eigenvalue weighted by Crippen LogP contribution is 2.22. The van der Waals surface area contributed by atoms with Crippen LogP contribution >= 0.6 is 15.9 Å². The molecule has 0 radical (unpaired) electrons. The average Bonchev–Trinajstić information content (AvgIpc) is 2.44. The number of hydrogen-bond donors (Lipinski definition) is 4. The molecule has 0 aliphatic heterocycles. The lowest BCUT2D eigenvalue weighted by atomic mass is 10.1. The van der Waals surface area contributed by atoms with Gasteiger partial charge in [-0.15, -0.1) is 0 Å². The summed E-state index contributed by atoms with van der Waals surface area (Å²) in [6.45, 7) is -0.672. The molecule has 0 aromatic heterocycles. The van der Waals surface area contributed by atoms with Crippen LogP contribution in [0.3, 0.4) is 0 Å². The van der Waals surface area contributed by atoms with Gasteiger partial charge in [-0.05, 0) is 35.0 Å². The van der Waals surface area contributed by atoms with Gasteiger partial charge in [0.1, 0.15) is 0 Å². The van der Waals surface area contributed by atoms with Crippen molar-refractivity contribution in [3.05, 3.63) is 40.9 Å². The molecule has 2 aromatic carbocycles. The normalized spacial score (nSPS) is 11.9. The van der Waals surface area contributed by atoms with Crippen molar-refractivity contribution in [2.24, 2.45) is 0 Å². The second-order valence-electron chi connectivity index (χ2n) is 4.38. The van der Waals surface area contributed by atoms with Gasteiger partial charge in [-0.25, -0.2) is 9.59 Å². The second kappa shape index (κ2) is 6.55. The van der Waals surface area contributed by atoms with E-state index in [9.17, 15) is 9.59 Å². The van der Waals surface area contributed by atoms with Crippen LogP contribution < -0.4 is 10.6 Å². The van der Waals surface area contributed by atoms with Gasteiger partial charge in [0.25, 0.3) is 0 Å². The van der Waals surface area contributed by atoms with E-state index in [0.29, 0.717) is 5.69 Å². The SMILES string of the molecule is O=C(Nc1ccc2cc(Br)ccc2c1)N[C@H](CO)C(=O)O. The predicted octanol–water partition coefficient (Wildman–Crippen LogP) is 2.17. The van der Waals surface area contributed by atoms with E-state index in [1.54, 1.807) is 12.1 Å². The van der Waals surface area contributed by atoms with Crippen LogP contribution in [0.4, 0.5) is 10.5 Å². The van der Waals surface area contributed by atoms with Gasteiger partial charge >= 0.3 is 12.0 Å². The first-order chi connectivity index (χ1) is 9.99. The van der Waals surface area contributed by atoms with Crippen LogP contribution in [0, 0.1) is 0 Å². The number of halogens is 1. The Hall–Kier alpha value is -2.12. The Morgan fingerprint density at radius 3 is 2.48 bits per heavy atom. The number of carbonyl (C=O) groups is 2. The van der Waals surface area contributed by atoms with Gasteiger partial charge in [-0.3, -0.25) is 0 Å². The molecule has 7 heteroatoms. The minimum absolute atomic E-state index is 0.532. The van der Waals surface area contributed by atoms with Crippen molar-refractivity contribution < 1.29 is 19.8 Å². The molecule has 0 aliphatic rings. The van der Waals surface area contributed by atoms with Crippen LogP contribution in [-0.2, 0) is 4.79 Å². The van der Waals surface area contributed by atoms with Crippen molar-refractivity contribution in [3.63, 3.8) is 0 Å². The highest BCUT2D eigenvalue weighted by molar-refractivity contribution is 9.10. The highest BCUT2D eigenvalue weighted by atomic mass is 79.9. The third kappa shape index (κ3) is 3.93. The van der Waals surface area contributed by atoms with Crippen LogP contribution in [0.15, 0.2) is 40.9 Å². The van der Waals surface area contributed by atoms with Crippen molar-refractivity contribution in [2.75, 3.05) is 11.9 Å². The summed E-state index contributed by atoms with van der Waals surface area (Å²) in [6, 6.07) is 9.05. The van der Waals surface area contributed by atoms with Crippen molar-refractivity contribution >= 4 is 44.4 Å². The third-order valence-electron chi connectivity index (χ3n) is 2.85. The van der Waals surface area contributed by atoms with Crippen LogP contribution in [0.1, 0.15) is 0 Å². The van der Waals surface area contributed by atoms with E-state index in [0.717, 1.165) is 15.2 Å². The Balaban J connectivity index is 2.10. The topological polar surface area (TPSA) is 98.7 Å². The summed E-state index contributed by atoms with van der Waals surface area (Å²) in [5.41, 5.74) is 0.532. The van der Waals surface area contributed by atoms with Crippen LogP contribution in [0.25, 0.3) is 10.8 Å². The zero-order chi connectivity index (χ0) is 15.4. The number of rotatable bonds is 4. The second-order valence-corrected chi connectivity index (χ2v) is 5.29. The fraction of sp³-hybridized carbons (Fsp3) is 0.143. The van der Waals surface area contributed by atoms with Gasteiger partial charge in [-0.1, -0.05) is 28.1 Å². The molecule has 4 N–H and O–H groups in total. The van der Waals surface area contributed by atoms with E-state index in [4.69, 9.17) is 10.2 Å². The molecule has 1 atom stereocenters. The number of nitrogens with one attached hydrogen (secondary N) is 2. The minimum Gasteiger partial charge on any atom is -0.480 e. The summed E-state index contributed by atoms with van der Waals surface area (Å²) in [4.78, 5) is 22.4. The Bertz CT molecular complexity index is 690. The molecule has 21 heavy (non-hydrogen) atoms.